The van der Waals surface area contributed by atoms with Gasteiger partial charge in [0.2, 0.25) is 0 Å². The normalized spacial score (nSPS) is 14.7. The van der Waals surface area contributed by atoms with E-state index in [4.69, 9.17) is 19.2 Å². The van der Waals surface area contributed by atoms with E-state index in [1.165, 1.54) is 5.82 Å². The molecule has 0 unspecified atom stereocenters. The number of hydrogen-bond acceptors (Lipinski definition) is 6. The molecule has 1 saturated heterocycles. The van der Waals surface area contributed by atoms with Crippen molar-refractivity contribution in [3.05, 3.63) is 36.0 Å². The van der Waals surface area contributed by atoms with Gasteiger partial charge < -0.3 is 19.1 Å². The third-order valence-corrected chi connectivity index (χ3v) is 6.81. The first kappa shape index (κ1) is 22.8. The van der Waals surface area contributed by atoms with Gasteiger partial charge in [0.1, 0.15) is 28.0 Å². The molecule has 2 aromatic heterocycles. The summed E-state index contributed by atoms with van der Waals surface area (Å²) in [5.41, 5.74) is 4.16. The highest BCUT2D eigenvalue weighted by atomic mass is 32.2. The van der Waals surface area contributed by atoms with Crippen molar-refractivity contribution in [2.24, 2.45) is 0 Å². The van der Waals surface area contributed by atoms with E-state index in [1.54, 1.807) is 26.0 Å². The van der Waals surface area contributed by atoms with Gasteiger partial charge >= 0.3 is 0 Å². The third kappa shape index (κ3) is 4.16. The second kappa shape index (κ2) is 10.0. The molecule has 7 heteroatoms. The molecule has 1 aromatic carbocycles. The number of rotatable bonds is 8. The highest BCUT2D eigenvalue weighted by Crippen LogP contribution is 2.41. The summed E-state index contributed by atoms with van der Waals surface area (Å²) in [6.07, 6.45) is 7.42. The molecule has 3 heterocycles. The van der Waals surface area contributed by atoms with Crippen LogP contribution in [0.4, 0.5) is 5.82 Å². The Hall–Kier alpha value is -2.38. The van der Waals surface area contributed by atoms with Crippen LogP contribution in [0.1, 0.15) is 31.7 Å². The molecule has 0 amide bonds. The number of anilines is 1. The molecule has 4 rings (SSSR count). The number of ether oxygens (including phenoxy) is 3. The number of thioether (sulfide) groups is 1. The summed E-state index contributed by atoms with van der Waals surface area (Å²) in [7, 11) is 3.38. The van der Waals surface area contributed by atoms with Gasteiger partial charge in [-0.1, -0.05) is 6.92 Å². The van der Waals surface area contributed by atoms with Gasteiger partial charge in [0.05, 0.1) is 14.2 Å². The first-order valence-electron chi connectivity index (χ1n) is 11.2. The molecule has 0 spiro atoms. The van der Waals surface area contributed by atoms with Crippen LogP contribution in [0.15, 0.2) is 35.5 Å². The monoisotopic (exact) mass is 455 g/mol. The molecule has 0 N–H and O–H groups in total. The van der Waals surface area contributed by atoms with Crippen LogP contribution in [0.2, 0.25) is 0 Å². The Balaban J connectivity index is 1.91. The summed E-state index contributed by atoms with van der Waals surface area (Å²) >= 11 is 1.71. The highest BCUT2D eigenvalue weighted by molar-refractivity contribution is 7.98. The number of nitrogens with zero attached hydrogens (tertiary/aromatic N) is 3. The summed E-state index contributed by atoms with van der Waals surface area (Å²) in [4.78, 5) is 7.68. The lowest BCUT2D eigenvalue weighted by Crippen LogP contribution is -2.41. The van der Waals surface area contributed by atoms with Crippen molar-refractivity contribution in [1.29, 1.82) is 0 Å². The van der Waals surface area contributed by atoms with Gasteiger partial charge in [0, 0.05) is 49.2 Å². The molecule has 6 nitrogen and oxygen atoms in total. The molecule has 1 aliphatic rings. The Morgan fingerprint density at radius 3 is 2.66 bits per heavy atom. The maximum absolute atomic E-state index is 5.77. The summed E-state index contributed by atoms with van der Waals surface area (Å²) in [6, 6.07) is 8.69. The van der Waals surface area contributed by atoms with Crippen molar-refractivity contribution in [3.63, 3.8) is 0 Å². The van der Waals surface area contributed by atoms with Crippen LogP contribution in [0.5, 0.6) is 11.5 Å². The first-order valence-corrected chi connectivity index (χ1v) is 12.5. The summed E-state index contributed by atoms with van der Waals surface area (Å²) in [5.74, 6) is 2.77. The predicted molar refractivity (Wildman–Crippen MR) is 132 cm³/mol. The molecule has 1 aliphatic heterocycles. The molecule has 0 aliphatic carbocycles. The van der Waals surface area contributed by atoms with Crippen molar-refractivity contribution in [1.82, 2.24) is 9.38 Å². The molecule has 1 fully saturated rings. The number of fused-ring (bicyclic) bond motifs is 1. The average molecular weight is 456 g/mol. The lowest BCUT2D eigenvalue weighted by molar-refractivity contribution is 0.0841. The van der Waals surface area contributed by atoms with E-state index in [2.05, 4.69) is 47.7 Å². The van der Waals surface area contributed by atoms with E-state index in [9.17, 15) is 0 Å². The standard InChI is InChI=1S/C25H33N3O3S/c1-6-11-27(18-9-13-31-14-10-18)25-24(32-5)26-23-20(8-7-12-28(23)25)22-17(2)15-19(29-3)16-21(22)30-4/h7-8,12,15-16,18H,6,9-11,13-14H2,1-5H3. The zero-order chi connectivity index (χ0) is 22.7. The van der Waals surface area contributed by atoms with Gasteiger partial charge in [0.25, 0.3) is 0 Å². The van der Waals surface area contributed by atoms with E-state index >= 15 is 0 Å². The number of imidazole rings is 1. The molecule has 172 valence electrons. The maximum atomic E-state index is 5.77. The van der Waals surface area contributed by atoms with Gasteiger partial charge in [-0.3, -0.25) is 4.40 Å². The largest absolute Gasteiger partial charge is 0.497 e. The van der Waals surface area contributed by atoms with Gasteiger partial charge in [-0.15, -0.1) is 11.8 Å². The quantitative estimate of drug-likeness (QED) is 0.421. The number of pyridine rings is 1. The molecule has 0 radical (unpaired) electrons. The van der Waals surface area contributed by atoms with Crippen LogP contribution in [-0.4, -0.2) is 55.7 Å². The van der Waals surface area contributed by atoms with Gasteiger partial charge in [-0.2, -0.15) is 0 Å². The predicted octanol–water partition coefficient (Wildman–Crippen LogP) is 5.44. The minimum absolute atomic E-state index is 0.468. The fourth-order valence-electron chi connectivity index (χ4n) is 4.67. The van der Waals surface area contributed by atoms with Crippen molar-refractivity contribution < 1.29 is 14.2 Å². The lowest BCUT2D eigenvalue weighted by Gasteiger charge is -2.35. The molecular formula is C25H33N3O3S. The Labute approximate surface area is 194 Å². The summed E-state index contributed by atoms with van der Waals surface area (Å²) in [5, 5.41) is 1.06. The van der Waals surface area contributed by atoms with Crippen LogP contribution in [0.3, 0.4) is 0 Å². The number of hydrogen-bond donors (Lipinski definition) is 0. The zero-order valence-electron chi connectivity index (χ0n) is 19.7. The number of benzene rings is 1. The number of aryl methyl sites for hydroxylation is 1. The maximum Gasteiger partial charge on any atom is 0.147 e. The minimum Gasteiger partial charge on any atom is -0.497 e. The fourth-order valence-corrected chi connectivity index (χ4v) is 5.25. The van der Waals surface area contributed by atoms with Crippen molar-refractivity contribution >= 4 is 23.2 Å². The van der Waals surface area contributed by atoms with Crippen LogP contribution >= 0.6 is 11.8 Å². The second-order valence-electron chi connectivity index (χ2n) is 8.12. The Morgan fingerprint density at radius 1 is 1.22 bits per heavy atom. The van der Waals surface area contributed by atoms with Crippen molar-refractivity contribution in [2.75, 3.05) is 45.1 Å². The zero-order valence-corrected chi connectivity index (χ0v) is 20.5. The third-order valence-electron chi connectivity index (χ3n) is 6.15. The molecule has 3 aromatic rings. The van der Waals surface area contributed by atoms with E-state index in [1.807, 2.05) is 12.1 Å². The lowest BCUT2D eigenvalue weighted by atomic mass is 10.00. The molecule has 32 heavy (non-hydrogen) atoms. The summed E-state index contributed by atoms with van der Waals surface area (Å²) in [6.45, 7) is 6.98. The first-order chi connectivity index (χ1) is 15.6. The van der Waals surface area contributed by atoms with Crippen LogP contribution < -0.4 is 14.4 Å². The number of aromatic nitrogens is 2. The topological polar surface area (TPSA) is 48.2 Å². The van der Waals surface area contributed by atoms with E-state index < -0.39 is 0 Å². The fraction of sp³-hybridized carbons (Fsp3) is 0.480. The Morgan fingerprint density at radius 2 is 2.00 bits per heavy atom. The summed E-state index contributed by atoms with van der Waals surface area (Å²) < 4.78 is 19.1. The molecular weight excluding hydrogens is 422 g/mol. The number of methoxy groups -OCH3 is 2. The van der Waals surface area contributed by atoms with Gasteiger partial charge in [0.15, 0.2) is 0 Å². The Kier molecular flexibility index (Phi) is 7.16. The molecule has 0 bridgehead atoms. The SMILES string of the molecule is CCCN(c1c(SC)nc2c(-c3c(C)cc(OC)cc3OC)cccn12)C1CCOCC1. The second-order valence-corrected chi connectivity index (χ2v) is 8.91. The Bertz CT molecular complexity index is 1080. The van der Waals surface area contributed by atoms with Crippen LogP contribution in [0, 0.1) is 6.92 Å². The molecule has 0 atom stereocenters. The van der Waals surface area contributed by atoms with E-state index in [-0.39, 0.29) is 0 Å². The smallest absolute Gasteiger partial charge is 0.147 e. The van der Waals surface area contributed by atoms with Gasteiger partial charge in [-0.25, -0.2) is 4.98 Å². The van der Waals surface area contributed by atoms with Crippen molar-refractivity contribution in [2.45, 2.75) is 44.2 Å². The minimum atomic E-state index is 0.468. The van der Waals surface area contributed by atoms with Crippen molar-refractivity contribution in [3.8, 4) is 22.6 Å². The van der Waals surface area contributed by atoms with E-state index in [0.717, 1.165) is 77.9 Å². The van der Waals surface area contributed by atoms with E-state index in [0.29, 0.717) is 6.04 Å². The van der Waals surface area contributed by atoms with Crippen LogP contribution in [-0.2, 0) is 4.74 Å². The van der Waals surface area contributed by atoms with Crippen LogP contribution in [0.25, 0.3) is 16.8 Å². The average Bonchev–Trinajstić information content (AvgIpc) is 3.21. The van der Waals surface area contributed by atoms with Gasteiger partial charge in [-0.05, 0) is 56.2 Å². The highest BCUT2D eigenvalue weighted by Gasteiger charge is 2.28. The molecule has 0 saturated carbocycles.